The van der Waals surface area contributed by atoms with Crippen molar-refractivity contribution in [1.82, 2.24) is 0 Å². The van der Waals surface area contributed by atoms with Crippen LogP contribution in [0, 0.1) is 28.6 Å². The standard InChI is InChI=1S/C18H35BrO/c1-13(11-17(3,4)5)9-10-15(16(19)20)14(2)12-18(6,7)8/h13-15H,9-12H2,1-8H3. The van der Waals surface area contributed by atoms with Gasteiger partial charge in [0.2, 0.25) is 4.69 Å². The van der Waals surface area contributed by atoms with Crippen LogP contribution in [0.3, 0.4) is 0 Å². The Hall–Kier alpha value is 0.150. The summed E-state index contributed by atoms with van der Waals surface area (Å²) in [4.78, 5) is 11.9. The molecule has 0 radical (unpaired) electrons. The molecule has 0 fully saturated rings. The number of hydrogen-bond acceptors (Lipinski definition) is 1. The van der Waals surface area contributed by atoms with E-state index in [-0.39, 0.29) is 16.0 Å². The molecule has 0 aromatic carbocycles. The van der Waals surface area contributed by atoms with Gasteiger partial charge in [-0.1, -0.05) is 55.4 Å². The van der Waals surface area contributed by atoms with E-state index in [1.54, 1.807) is 0 Å². The van der Waals surface area contributed by atoms with E-state index in [9.17, 15) is 4.79 Å². The summed E-state index contributed by atoms with van der Waals surface area (Å²) in [6.45, 7) is 18.2. The summed E-state index contributed by atoms with van der Waals surface area (Å²) >= 11 is 3.22. The predicted molar refractivity (Wildman–Crippen MR) is 93.1 cm³/mol. The van der Waals surface area contributed by atoms with E-state index in [0.717, 1.165) is 19.3 Å². The smallest absolute Gasteiger partial charge is 0.201 e. The number of rotatable bonds is 7. The summed E-state index contributed by atoms with van der Waals surface area (Å²) in [7, 11) is 0. The molecule has 120 valence electrons. The van der Waals surface area contributed by atoms with Crippen LogP contribution in [0.2, 0.25) is 0 Å². The molecule has 0 aromatic heterocycles. The van der Waals surface area contributed by atoms with Crippen LogP contribution in [-0.4, -0.2) is 4.69 Å². The molecule has 0 aromatic rings. The lowest BCUT2D eigenvalue weighted by Gasteiger charge is -2.29. The van der Waals surface area contributed by atoms with E-state index in [4.69, 9.17) is 0 Å². The average molecular weight is 347 g/mol. The van der Waals surface area contributed by atoms with Gasteiger partial charge in [0, 0.05) is 5.92 Å². The maximum atomic E-state index is 11.9. The minimum atomic E-state index is 0.164. The Morgan fingerprint density at radius 1 is 0.900 bits per heavy atom. The van der Waals surface area contributed by atoms with Crippen LogP contribution >= 0.6 is 15.9 Å². The Labute approximate surface area is 135 Å². The van der Waals surface area contributed by atoms with Gasteiger partial charge >= 0.3 is 0 Å². The van der Waals surface area contributed by atoms with Gasteiger partial charge in [-0.3, -0.25) is 4.79 Å². The molecular formula is C18H35BrO. The van der Waals surface area contributed by atoms with Gasteiger partial charge in [-0.2, -0.15) is 0 Å². The molecule has 0 aliphatic rings. The molecule has 0 rings (SSSR count). The summed E-state index contributed by atoms with van der Waals surface area (Å²) in [5.41, 5.74) is 0.668. The Kier molecular flexibility index (Phi) is 8.02. The van der Waals surface area contributed by atoms with E-state index in [1.807, 2.05) is 0 Å². The molecule has 0 aliphatic carbocycles. The first-order chi connectivity index (χ1) is 8.82. The molecule has 0 aliphatic heterocycles. The van der Waals surface area contributed by atoms with Crippen LogP contribution in [0.25, 0.3) is 0 Å². The summed E-state index contributed by atoms with van der Waals surface area (Å²) < 4.78 is 0.192. The van der Waals surface area contributed by atoms with Crippen LogP contribution in [0.15, 0.2) is 0 Å². The lowest BCUT2D eigenvalue weighted by molar-refractivity contribution is -0.115. The molecule has 2 heteroatoms. The van der Waals surface area contributed by atoms with Crippen LogP contribution in [0.1, 0.15) is 81.1 Å². The second-order valence-corrected chi connectivity index (χ2v) is 9.88. The fraction of sp³-hybridized carbons (Fsp3) is 0.944. The van der Waals surface area contributed by atoms with Crippen LogP contribution < -0.4 is 0 Å². The lowest BCUT2D eigenvalue weighted by atomic mass is 9.76. The molecular weight excluding hydrogens is 312 g/mol. The maximum absolute atomic E-state index is 11.9. The summed E-state index contributed by atoms with van der Waals surface area (Å²) in [5, 5.41) is 0. The van der Waals surface area contributed by atoms with E-state index in [2.05, 4.69) is 71.3 Å². The van der Waals surface area contributed by atoms with Gasteiger partial charge in [0.15, 0.2) is 0 Å². The SMILES string of the molecule is CC(CCC(C(=O)Br)C(C)CC(C)(C)C)CC(C)(C)C. The predicted octanol–water partition coefficient (Wildman–Crippen LogP) is 6.45. The van der Waals surface area contributed by atoms with Crippen molar-refractivity contribution in [3.05, 3.63) is 0 Å². The van der Waals surface area contributed by atoms with Gasteiger partial charge in [-0.15, -0.1) is 0 Å². The minimum Gasteiger partial charge on any atom is -0.286 e. The second kappa shape index (κ2) is 7.96. The Balaban J connectivity index is 4.46. The third-order valence-electron chi connectivity index (χ3n) is 3.84. The summed E-state index contributed by atoms with van der Waals surface area (Å²) in [6.07, 6.45) is 4.48. The molecule has 0 spiro atoms. The van der Waals surface area contributed by atoms with E-state index in [1.165, 1.54) is 6.42 Å². The minimum absolute atomic E-state index is 0.164. The zero-order valence-corrected chi connectivity index (χ0v) is 16.4. The fourth-order valence-corrected chi connectivity index (χ4v) is 4.02. The van der Waals surface area contributed by atoms with Crippen LogP contribution in [0.5, 0.6) is 0 Å². The Bertz CT molecular complexity index is 296. The van der Waals surface area contributed by atoms with E-state index in [0.29, 0.717) is 17.3 Å². The van der Waals surface area contributed by atoms with Gasteiger partial charge < -0.3 is 0 Å². The Morgan fingerprint density at radius 3 is 1.70 bits per heavy atom. The average Bonchev–Trinajstić information content (AvgIpc) is 2.10. The largest absolute Gasteiger partial charge is 0.286 e. The van der Waals surface area contributed by atoms with E-state index >= 15 is 0 Å². The summed E-state index contributed by atoms with van der Waals surface area (Å²) in [5.74, 6) is 1.30. The first-order valence-electron chi connectivity index (χ1n) is 8.01. The first kappa shape index (κ1) is 20.1. The van der Waals surface area contributed by atoms with Crippen molar-refractivity contribution >= 4 is 20.6 Å². The molecule has 1 nitrogen and oxygen atoms in total. The van der Waals surface area contributed by atoms with E-state index < -0.39 is 0 Å². The molecule has 3 unspecified atom stereocenters. The van der Waals surface area contributed by atoms with Crippen molar-refractivity contribution in [3.63, 3.8) is 0 Å². The topological polar surface area (TPSA) is 17.1 Å². The molecule has 0 heterocycles. The number of halogens is 1. The number of carbonyl (C=O) groups excluding carboxylic acids is 1. The molecule has 0 N–H and O–H groups in total. The highest BCUT2D eigenvalue weighted by Crippen LogP contribution is 2.34. The molecule has 20 heavy (non-hydrogen) atoms. The third-order valence-corrected chi connectivity index (χ3v) is 4.43. The van der Waals surface area contributed by atoms with Gasteiger partial charge in [0.1, 0.15) is 0 Å². The van der Waals surface area contributed by atoms with Crippen molar-refractivity contribution in [2.24, 2.45) is 28.6 Å². The maximum Gasteiger partial charge on any atom is 0.201 e. The highest BCUT2D eigenvalue weighted by molar-refractivity contribution is 9.18. The van der Waals surface area contributed by atoms with Gasteiger partial charge in [0.05, 0.1) is 0 Å². The van der Waals surface area contributed by atoms with Crippen molar-refractivity contribution in [1.29, 1.82) is 0 Å². The monoisotopic (exact) mass is 346 g/mol. The highest BCUT2D eigenvalue weighted by atomic mass is 79.9. The Morgan fingerprint density at radius 2 is 1.35 bits per heavy atom. The molecule has 0 amide bonds. The molecule has 3 atom stereocenters. The highest BCUT2D eigenvalue weighted by Gasteiger charge is 2.27. The van der Waals surface area contributed by atoms with Gasteiger partial charge in [-0.05, 0) is 64.3 Å². The van der Waals surface area contributed by atoms with Crippen molar-refractivity contribution in [2.45, 2.75) is 81.1 Å². The van der Waals surface area contributed by atoms with Gasteiger partial charge in [0.25, 0.3) is 0 Å². The molecule has 0 saturated carbocycles. The fourth-order valence-electron chi connectivity index (χ4n) is 3.34. The number of carbonyl (C=O) groups is 1. The van der Waals surface area contributed by atoms with Gasteiger partial charge in [-0.25, -0.2) is 0 Å². The zero-order valence-electron chi connectivity index (χ0n) is 14.8. The lowest BCUT2D eigenvalue weighted by Crippen LogP contribution is -2.23. The van der Waals surface area contributed by atoms with Crippen molar-refractivity contribution < 1.29 is 4.79 Å². The van der Waals surface area contributed by atoms with Crippen LogP contribution in [-0.2, 0) is 4.79 Å². The molecule has 0 bridgehead atoms. The normalized spacial score (nSPS) is 17.6. The first-order valence-corrected chi connectivity index (χ1v) is 8.80. The van der Waals surface area contributed by atoms with Crippen LogP contribution in [0.4, 0.5) is 0 Å². The molecule has 0 saturated heterocycles. The second-order valence-electron chi connectivity index (χ2n) is 9.10. The number of hydrogen-bond donors (Lipinski definition) is 0. The zero-order chi connectivity index (χ0) is 16.1. The summed E-state index contributed by atoms with van der Waals surface area (Å²) in [6, 6.07) is 0. The van der Waals surface area contributed by atoms with Crippen molar-refractivity contribution in [3.8, 4) is 0 Å². The quantitative estimate of drug-likeness (QED) is 0.484. The third kappa shape index (κ3) is 9.96. The van der Waals surface area contributed by atoms with Crippen molar-refractivity contribution in [2.75, 3.05) is 0 Å².